The molecule has 0 spiro atoms. The highest BCUT2D eigenvalue weighted by atomic mass is 16.1. The van der Waals surface area contributed by atoms with Gasteiger partial charge < -0.3 is 15.5 Å². The monoisotopic (exact) mass is 262 g/mol. The highest BCUT2D eigenvalue weighted by Crippen LogP contribution is 2.20. The maximum Gasteiger partial charge on any atom is 0.269 e. The molecule has 2 N–H and O–H groups in total. The molecule has 1 unspecified atom stereocenters. The van der Waals surface area contributed by atoms with Gasteiger partial charge >= 0.3 is 0 Å². The van der Waals surface area contributed by atoms with Gasteiger partial charge in [-0.05, 0) is 38.9 Å². The number of hydrogen-bond donors (Lipinski definition) is 2. The van der Waals surface area contributed by atoms with Gasteiger partial charge in [0.05, 0.1) is 0 Å². The molecule has 1 fully saturated rings. The first-order valence-corrected chi connectivity index (χ1v) is 6.91. The number of carbonyl (C=O) groups is 1. The normalized spacial score (nSPS) is 19.3. The summed E-state index contributed by atoms with van der Waals surface area (Å²) in [5, 5.41) is 6.10. The SMILES string of the molecule is CCNC(=O)c1cc(N2CCCC(NC)C2)ccn1. The minimum atomic E-state index is -0.105. The van der Waals surface area contributed by atoms with Crippen molar-refractivity contribution in [3.63, 3.8) is 0 Å². The van der Waals surface area contributed by atoms with E-state index in [1.54, 1.807) is 6.20 Å². The van der Waals surface area contributed by atoms with Crippen LogP contribution in [0.5, 0.6) is 0 Å². The number of anilines is 1. The minimum absolute atomic E-state index is 0.105. The largest absolute Gasteiger partial charge is 0.370 e. The van der Waals surface area contributed by atoms with Crippen LogP contribution in [0.2, 0.25) is 0 Å². The zero-order chi connectivity index (χ0) is 13.7. The molecular weight excluding hydrogens is 240 g/mol. The van der Waals surface area contributed by atoms with Gasteiger partial charge in [-0.25, -0.2) is 0 Å². The Bertz CT molecular complexity index is 435. The van der Waals surface area contributed by atoms with E-state index in [9.17, 15) is 4.79 Å². The molecule has 104 valence electrons. The Morgan fingerprint density at radius 3 is 3.16 bits per heavy atom. The Morgan fingerprint density at radius 1 is 1.58 bits per heavy atom. The summed E-state index contributed by atoms with van der Waals surface area (Å²) in [6.07, 6.45) is 4.09. The third-order valence-corrected chi connectivity index (χ3v) is 3.51. The lowest BCUT2D eigenvalue weighted by molar-refractivity contribution is 0.0951. The molecule has 19 heavy (non-hydrogen) atoms. The Balaban J connectivity index is 2.11. The van der Waals surface area contributed by atoms with Gasteiger partial charge in [-0.2, -0.15) is 0 Å². The molecule has 2 rings (SSSR count). The van der Waals surface area contributed by atoms with Crippen LogP contribution in [0.15, 0.2) is 18.3 Å². The van der Waals surface area contributed by atoms with Crippen molar-refractivity contribution < 1.29 is 4.79 Å². The zero-order valence-corrected chi connectivity index (χ0v) is 11.6. The molecule has 1 aliphatic rings. The minimum Gasteiger partial charge on any atom is -0.370 e. The summed E-state index contributed by atoms with van der Waals surface area (Å²) in [5.41, 5.74) is 1.57. The third kappa shape index (κ3) is 3.44. The van der Waals surface area contributed by atoms with E-state index in [1.807, 2.05) is 26.1 Å². The molecule has 0 aliphatic carbocycles. The fourth-order valence-electron chi connectivity index (χ4n) is 2.44. The Hall–Kier alpha value is -1.62. The number of nitrogens with zero attached hydrogens (tertiary/aromatic N) is 2. The average molecular weight is 262 g/mol. The summed E-state index contributed by atoms with van der Waals surface area (Å²) in [5.74, 6) is -0.105. The van der Waals surface area contributed by atoms with Gasteiger partial charge in [-0.15, -0.1) is 0 Å². The Kier molecular flexibility index (Phi) is 4.74. The van der Waals surface area contributed by atoms with Crippen LogP contribution in [0.1, 0.15) is 30.3 Å². The van der Waals surface area contributed by atoms with Crippen LogP contribution in [0.3, 0.4) is 0 Å². The number of pyridine rings is 1. The highest BCUT2D eigenvalue weighted by molar-refractivity contribution is 5.93. The van der Waals surface area contributed by atoms with E-state index in [2.05, 4.69) is 20.5 Å². The molecule has 5 heteroatoms. The molecule has 0 radical (unpaired) electrons. The predicted octanol–water partition coefficient (Wildman–Crippen LogP) is 1.02. The van der Waals surface area contributed by atoms with E-state index in [0.29, 0.717) is 18.3 Å². The van der Waals surface area contributed by atoms with Crippen LogP contribution in [0.25, 0.3) is 0 Å². The molecule has 2 heterocycles. The van der Waals surface area contributed by atoms with Crippen LogP contribution in [0.4, 0.5) is 5.69 Å². The maximum atomic E-state index is 11.8. The summed E-state index contributed by atoms with van der Waals surface area (Å²) in [7, 11) is 2.00. The van der Waals surface area contributed by atoms with E-state index >= 15 is 0 Å². The molecule has 0 saturated carbocycles. The van der Waals surface area contributed by atoms with Crippen LogP contribution >= 0.6 is 0 Å². The van der Waals surface area contributed by atoms with Crippen LogP contribution in [0, 0.1) is 0 Å². The van der Waals surface area contributed by atoms with Crippen molar-refractivity contribution in [1.82, 2.24) is 15.6 Å². The van der Waals surface area contributed by atoms with Crippen molar-refractivity contribution in [1.29, 1.82) is 0 Å². The predicted molar refractivity (Wildman–Crippen MR) is 76.5 cm³/mol. The zero-order valence-electron chi connectivity index (χ0n) is 11.6. The molecule has 1 aliphatic heterocycles. The topological polar surface area (TPSA) is 57.3 Å². The Labute approximate surface area is 114 Å². The molecule has 1 aromatic rings. The first-order chi connectivity index (χ1) is 9.24. The molecule has 1 amide bonds. The Morgan fingerprint density at radius 2 is 2.42 bits per heavy atom. The lowest BCUT2D eigenvalue weighted by atomic mass is 10.1. The summed E-state index contributed by atoms with van der Waals surface area (Å²) >= 11 is 0. The van der Waals surface area contributed by atoms with E-state index in [1.165, 1.54) is 12.8 Å². The molecule has 0 bridgehead atoms. The van der Waals surface area contributed by atoms with Crippen molar-refractivity contribution in [2.24, 2.45) is 0 Å². The van der Waals surface area contributed by atoms with Gasteiger partial charge in [0.2, 0.25) is 0 Å². The van der Waals surface area contributed by atoms with Gasteiger partial charge in [0.1, 0.15) is 5.69 Å². The van der Waals surface area contributed by atoms with Gasteiger partial charge in [0.15, 0.2) is 0 Å². The number of carbonyl (C=O) groups excluding carboxylic acids is 1. The molecule has 0 aromatic carbocycles. The summed E-state index contributed by atoms with van der Waals surface area (Å²) in [6.45, 7) is 4.55. The molecular formula is C14H22N4O. The number of likely N-dealkylation sites (N-methyl/N-ethyl adjacent to an activating group) is 1. The van der Waals surface area contributed by atoms with Crippen LogP contribution in [-0.4, -0.2) is 43.6 Å². The van der Waals surface area contributed by atoms with Crippen molar-refractivity contribution in [3.05, 3.63) is 24.0 Å². The van der Waals surface area contributed by atoms with E-state index in [0.717, 1.165) is 18.8 Å². The number of piperidine rings is 1. The average Bonchev–Trinajstić information content (AvgIpc) is 2.48. The number of amides is 1. The van der Waals surface area contributed by atoms with Gasteiger partial charge in [0, 0.05) is 37.6 Å². The number of nitrogens with one attached hydrogen (secondary N) is 2. The van der Waals surface area contributed by atoms with Crippen molar-refractivity contribution in [3.8, 4) is 0 Å². The fraction of sp³-hybridized carbons (Fsp3) is 0.571. The van der Waals surface area contributed by atoms with Gasteiger partial charge in [-0.3, -0.25) is 9.78 Å². The first kappa shape index (κ1) is 13.8. The standard InChI is InChI=1S/C14H22N4O/c1-3-16-14(19)13-9-12(6-7-17-13)18-8-4-5-11(10-18)15-2/h6-7,9,11,15H,3-5,8,10H2,1-2H3,(H,16,19). The number of rotatable bonds is 4. The second-order valence-corrected chi connectivity index (χ2v) is 4.83. The fourth-order valence-corrected chi connectivity index (χ4v) is 2.44. The maximum absolute atomic E-state index is 11.8. The quantitative estimate of drug-likeness (QED) is 0.850. The summed E-state index contributed by atoms with van der Waals surface area (Å²) < 4.78 is 0. The smallest absolute Gasteiger partial charge is 0.269 e. The lowest BCUT2D eigenvalue weighted by Crippen LogP contribution is -2.44. The molecule has 1 saturated heterocycles. The van der Waals surface area contributed by atoms with Gasteiger partial charge in [0.25, 0.3) is 5.91 Å². The van der Waals surface area contributed by atoms with E-state index in [4.69, 9.17) is 0 Å². The third-order valence-electron chi connectivity index (χ3n) is 3.51. The van der Waals surface area contributed by atoms with Crippen molar-refractivity contribution in [2.45, 2.75) is 25.8 Å². The first-order valence-electron chi connectivity index (χ1n) is 6.91. The summed E-state index contributed by atoms with van der Waals surface area (Å²) in [4.78, 5) is 18.2. The molecule has 5 nitrogen and oxygen atoms in total. The molecule has 1 aromatic heterocycles. The van der Waals surface area contributed by atoms with Crippen LogP contribution in [-0.2, 0) is 0 Å². The van der Waals surface area contributed by atoms with Crippen molar-refractivity contribution >= 4 is 11.6 Å². The summed E-state index contributed by atoms with van der Waals surface area (Å²) in [6, 6.07) is 4.37. The van der Waals surface area contributed by atoms with E-state index in [-0.39, 0.29) is 5.91 Å². The number of hydrogen-bond acceptors (Lipinski definition) is 4. The molecule has 1 atom stereocenters. The van der Waals surface area contributed by atoms with Crippen molar-refractivity contribution in [2.75, 3.05) is 31.6 Å². The van der Waals surface area contributed by atoms with Crippen LogP contribution < -0.4 is 15.5 Å². The second-order valence-electron chi connectivity index (χ2n) is 4.83. The number of aromatic nitrogens is 1. The lowest BCUT2D eigenvalue weighted by Gasteiger charge is -2.34. The second kappa shape index (κ2) is 6.52. The van der Waals surface area contributed by atoms with Gasteiger partial charge in [-0.1, -0.05) is 0 Å². The highest BCUT2D eigenvalue weighted by Gasteiger charge is 2.19. The van der Waals surface area contributed by atoms with E-state index < -0.39 is 0 Å².